The summed E-state index contributed by atoms with van der Waals surface area (Å²) in [7, 11) is 0. The smallest absolute Gasteiger partial charge is 0.255 e. The molecule has 6 heteroatoms. The maximum atomic E-state index is 13.0. The Hall–Kier alpha value is -2.66. The van der Waals surface area contributed by atoms with Crippen molar-refractivity contribution in [3.63, 3.8) is 0 Å². The van der Waals surface area contributed by atoms with Crippen LogP contribution in [-0.2, 0) is 0 Å². The van der Waals surface area contributed by atoms with E-state index in [0.717, 1.165) is 11.1 Å². The average Bonchev–Trinajstić information content (AvgIpc) is 3.06. The molecule has 0 saturated carbocycles. The zero-order valence-electron chi connectivity index (χ0n) is 12.9. The van der Waals surface area contributed by atoms with Crippen molar-refractivity contribution >= 4 is 17.5 Å². The number of aromatic nitrogens is 2. The molecular formula is C18H15ClFN3O. The van der Waals surface area contributed by atoms with E-state index in [1.807, 2.05) is 19.1 Å². The molecule has 1 atom stereocenters. The van der Waals surface area contributed by atoms with Crippen molar-refractivity contribution in [1.82, 2.24) is 15.5 Å². The lowest BCUT2D eigenvalue weighted by Gasteiger charge is -2.14. The monoisotopic (exact) mass is 343 g/mol. The first-order valence-corrected chi connectivity index (χ1v) is 7.78. The quantitative estimate of drug-likeness (QED) is 0.739. The van der Waals surface area contributed by atoms with Crippen molar-refractivity contribution in [1.29, 1.82) is 0 Å². The van der Waals surface area contributed by atoms with Crippen molar-refractivity contribution in [3.8, 4) is 11.3 Å². The van der Waals surface area contributed by atoms with Crippen molar-refractivity contribution in [2.24, 2.45) is 0 Å². The lowest BCUT2D eigenvalue weighted by atomic mass is 10.1. The van der Waals surface area contributed by atoms with E-state index in [1.165, 1.54) is 18.3 Å². The summed E-state index contributed by atoms with van der Waals surface area (Å²) >= 11 is 5.89. The summed E-state index contributed by atoms with van der Waals surface area (Å²) in [5, 5.41) is 10.3. The molecule has 0 aliphatic heterocycles. The number of carbonyl (C=O) groups excluding carboxylic acids is 1. The molecule has 1 aromatic heterocycles. The van der Waals surface area contributed by atoms with Gasteiger partial charge in [0.15, 0.2) is 0 Å². The zero-order chi connectivity index (χ0) is 17.1. The van der Waals surface area contributed by atoms with E-state index >= 15 is 0 Å². The van der Waals surface area contributed by atoms with E-state index in [0.29, 0.717) is 16.3 Å². The number of halogens is 2. The van der Waals surface area contributed by atoms with E-state index in [-0.39, 0.29) is 17.8 Å². The summed E-state index contributed by atoms with van der Waals surface area (Å²) in [5.74, 6) is -0.567. The molecule has 0 radical (unpaired) electrons. The molecule has 1 heterocycles. The highest BCUT2D eigenvalue weighted by atomic mass is 35.5. The van der Waals surface area contributed by atoms with E-state index < -0.39 is 0 Å². The number of carbonyl (C=O) groups is 1. The number of aromatic amines is 1. The van der Waals surface area contributed by atoms with Crippen LogP contribution in [0.3, 0.4) is 0 Å². The minimum atomic E-state index is -0.308. The molecule has 0 fully saturated rings. The lowest BCUT2D eigenvalue weighted by Crippen LogP contribution is -2.26. The van der Waals surface area contributed by atoms with Crippen molar-refractivity contribution in [2.75, 3.05) is 0 Å². The molecule has 0 unspecified atom stereocenters. The Bertz CT molecular complexity index is 843. The van der Waals surface area contributed by atoms with Crippen LogP contribution < -0.4 is 5.32 Å². The number of amides is 1. The van der Waals surface area contributed by atoms with Crippen LogP contribution in [-0.4, -0.2) is 16.1 Å². The number of nitrogens with zero attached hydrogens (tertiary/aromatic N) is 1. The van der Waals surface area contributed by atoms with Gasteiger partial charge in [-0.3, -0.25) is 9.89 Å². The van der Waals surface area contributed by atoms with Gasteiger partial charge in [0.05, 0.1) is 23.5 Å². The molecule has 0 bridgehead atoms. The summed E-state index contributed by atoms with van der Waals surface area (Å²) in [5.41, 5.74) is 2.69. The first-order chi connectivity index (χ1) is 11.5. The van der Waals surface area contributed by atoms with Gasteiger partial charge in [-0.25, -0.2) is 4.39 Å². The number of hydrogen-bond donors (Lipinski definition) is 2. The average molecular weight is 344 g/mol. The Morgan fingerprint density at radius 1 is 1.17 bits per heavy atom. The molecule has 0 aliphatic carbocycles. The second-order valence-corrected chi connectivity index (χ2v) is 5.85. The molecule has 2 aromatic carbocycles. The Balaban J connectivity index is 1.80. The molecule has 0 spiro atoms. The van der Waals surface area contributed by atoms with E-state index in [2.05, 4.69) is 15.5 Å². The number of H-pyrrole nitrogens is 1. The molecule has 0 aliphatic rings. The molecule has 0 saturated heterocycles. The highest BCUT2D eigenvalue weighted by Gasteiger charge is 2.17. The number of benzene rings is 2. The predicted molar refractivity (Wildman–Crippen MR) is 91.3 cm³/mol. The fourth-order valence-corrected chi connectivity index (χ4v) is 2.53. The first-order valence-electron chi connectivity index (χ1n) is 7.40. The fraction of sp³-hybridized carbons (Fsp3) is 0.111. The summed E-state index contributed by atoms with van der Waals surface area (Å²) in [6.07, 6.45) is 1.48. The zero-order valence-corrected chi connectivity index (χ0v) is 13.6. The highest BCUT2D eigenvalue weighted by Crippen LogP contribution is 2.23. The molecule has 24 heavy (non-hydrogen) atoms. The van der Waals surface area contributed by atoms with E-state index in [1.54, 1.807) is 24.3 Å². The maximum Gasteiger partial charge on any atom is 0.255 e. The van der Waals surface area contributed by atoms with Crippen molar-refractivity contribution < 1.29 is 9.18 Å². The molecule has 3 aromatic rings. The first kappa shape index (κ1) is 16.2. The third-order valence-electron chi connectivity index (χ3n) is 3.73. The molecule has 1 amide bonds. The summed E-state index contributed by atoms with van der Waals surface area (Å²) in [6.45, 7) is 1.84. The summed E-state index contributed by atoms with van der Waals surface area (Å²) < 4.78 is 13.0. The second kappa shape index (κ2) is 6.84. The van der Waals surface area contributed by atoms with Gasteiger partial charge >= 0.3 is 0 Å². The molecule has 122 valence electrons. The topological polar surface area (TPSA) is 57.8 Å². The number of rotatable bonds is 4. The Labute approximate surface area is 143 Å². The van der Waals surface area contributed by atoms with Gasteiger partial charge in [0.1, 0.15) is 5.82 Å². The van der Waals surface area contributed by atoms with Gasteiger partial charge < -0.3 is 5.32 Å². The molecule has 3 rings (SSSR count). The van der Waals surface area contributed by atoms with Gasteiger partial charge in [-0.2, -0.15) is 5.10 Å². The fourth-order valence-electron chi connectivity index (χ4n) is 2.40. The van der Waals surface area contributed by atoms with Gasteiger partial charge in [0.2, 0.25) is 0 Å². The minimum Gasteiger partial charge on any atom is -0.345 e. The standard InChI is InChI=1S/C18H15ClFN3O/c1-11(12-4-8-15(20)9-5-12)22-18(24)16-10-21-23-17(16)13-2-6-14(19)7-3-13/h2-11H,1H3,(H,21,23)(H,22,24)/t11-/m1/s1. The highest BCUT2D eigenvalue weighted by molar-refractivity contribution is 6.30. The Kier molecular flexibility index (Phi) is 4.62. The van der Waals surface area contributed by atoms with Gasteiger partial charge in [-0.1, -0.05) is 35.9 Å². The maximum absolute atomic E-state index is 13.0. The van der Waals surface area contributed by atoms with Crippen LogP contribution in [0, 0.1) is 5.82 Å². The van der Waals surface area contributed by atoms with Crippen LogP contribution >= 0.6 is 11.6 Å². The molecule has 2 N–H and O–H groups in total. The SMILES string of the molecule is C[C@@H](NC(=O)c1cn[nH]c1-c1ccc(Cl)cc1)c1ccc(F)cc1. The van der Waals surface area contributed by atoms with Crippen molar-refractivity contribution in [2.45, 2.75) is 13.0 Å². The van der Waals surface area contributed by atoms with Crippen LogP contribution in [0.2, 0.25) is 5.02 Å². The third kappa shape index (κ3) is 3.46. The number of hydrogen-bond acceptors (Lipinski definition) is 2. The van der Waals surface area contributed by atoms with Gasteiger partial charge in [-0.05, 0) is 36.8 Å². The minimum absolute atomic E-state index is 0.258. The normalized spacial score (nSPS) is 12.0. The Morgan fingerprint density at radius 3 is 2.50 bits per heavy atom. The molecular weight excluding hydrogens is 329 g/mol. The summed E-state index contributed by atoms with van der Waals surface area (Å²) in [6, 6.07) is 12.9. The predicted octanol–water partition coefficient (Wildman–Crippen LogP) is 4.36. The van der Waals surface area contributed by atoms with E-state index in [9.17, 15) is 9.18 Å². The summed E-state index contributed by atoms with van der Waals surface area (Å²) in [4.78, 5) is 12.5. The van der Waals surface area contributed by atoms with Crippen LogP contribution in [0.25, 0.3) is 11.3 Å². The van der Waals surface area contributed by atoms with Crippen molar-refractivity contribution in [3.05, 3.63) is 76.7 Å². The third-order valence-corrected chi connectivity index (χ3v) is 3.99. The van der Waals surface area contributed by atoms with Gasteiger partial charge in [-0.15, -0.1) is 0 Å². The van der Waals surface area contributed by atoms with Crippen LogP contribution in [0.1, 0.15) is 28.9 Å². The van der Waals surface area contributed by atoms with Gasteiger partial charge in [0, 0.05) is 10.6 Å². The van der Waals surface area contributed by atoms with E-state index in [4.69, 9.17) is 11.6 Å². The number of nitrogens with one attached hydrogen (secondary N) is 2. The van der Waals surface area contributed by atoms with Gasteiger partial charge in [0.25, 0.3) is 5.91 Å². The molecule has 4 nitrogen and oxygen atoms in total. The van der Waals surface area contributed by atoms with Crippen LogP contribution in [0.4, 0.5) is 4.39 Å². The van der Waals surface area contributed by atoms with Crippen LogP contribution in [0.15, 0.2) is 54.7 Å². The van der Waals surface area contributed by atoms with Crippen LogP contribution in [0.5, 0.6) is 0 Å². The second-order valence-electron chi connectivity index (χ2n) is 5.41. The Morgan fingerprint density at radius 2 is 1.83 bits per heavy atom. The largest absolute Gasteiger partial charge is 0.345 e. The lowest BCUT2D eigenvalue weighted by molar-refractivity contribution is 0.0940.